The highest BCUT2D eigenvalue weighted by Gasteiger charge is 2.36. The molecule has 0 aliphatic carbocycles. The summed E-state index contributed by atoms with van der Waals surface area (Å²) in [6.07, 6.45) is 2.50. The highest BCUT2D eigenvalue weighted by Crippen LogP contribution is 2.25. The molecule has 3 nitrogen and oxygen atoms in total. The molecular weight excluding hydrogens is 260 g/mol. The van der Waals surface area contributed by atoms with Gasteiger partial charge in [-0.3, -0.25) is 14.7 Å². The SMILES string of the molecule is CCN(CC)C(C)(CC)C(=O)c1cnc2ccccc2c1. The zero-order valence-electron chi connectivity index (χ0n) is 13.4. The Kier molecular flexibility index (Phi) is 4.73. The number of aromatic nitrogens is 1. The molecular formula is C18H24N2O. The van der Waals surface area contributed by atoms with Crippen molar-refractivity contribution in [3.05, 3.63) is 42.1 Å². The molecule has 0 fully saturated rings. The molecule has 112 valence electrons. The predicted molar refractivity (Wildman–Crippen MR) is 87.7 cm³/mol. The van der Waals surface area contributed by atoms with Gasteiger partial charge in [-0.1, -0.05) is 39.0 Å². The van der Waals surface area contributed by atoms with Crippen LogP contribution in [0.3, 0.4) is 0 Å². The minimum atomic E-state index is -0.465. The Hall–Kier alpha value is -1.74. The maximum absolute atomic E-state index is 13.0. The Morgan fingerprint density at radius 2 is 1.86 bits per heavy atom. The van der Waals surface area contributed by atoms with Crippen molar-refractivity contribution in [1.29, 1.82) is 0 Å². The Morgan fingerprint density at radius 3 is 2.48 bits per heavy atom. The molecule has 2 aromatic rings. The first-order valence-electron chi connectivity index (χ1n) is 7.71. The molecule has 0 amide bonds. The molecule has 2 rings (SSSR count). The van der Waals surface area contributed by atoms with E-state index < -0.39 is 5.54 Å². The first kappa shape index (κ1) is 15.6. The Balaban J connectivity index is 2.44. The molecule has 1 heterocycles. The zero-order valence-corrected chi connectivity index (χ0v) is 13.4. The number of carbonyl (C=O) groups is 1. The first-order valence-corrected chi connectivity index (χ1v) is 7.71. The van der Waals surface area contributed by atoms with Crippen molar-refractivity contribution in [2.24, 2.45) is 0 Å². The van der Waals surface area contributed by atoms with Crippen LogP contribution in [0.15, 0.2) is 36.5 Å². The van der Waals surface area contributed by atoms with Gasteiger partial charge in [0.1, 0.15) is 0 Å². The van der Waals surface area contributed by atoms with E-state index in [1.165, 1.54) is 0 Å². The fourth-order valence-electron chi connectivity index (χ4n) is 2.96. The van der Waals surface area contributed by atoms with Crippen LogP contribution in [0.2, 0.25) is 0 Å². The number of hydrogen-bond acceptors (Lipinski definition) is 3. The molecule has 1 unspecified atom stereocenters. The third-order valence-electron chi connectivity index (χ3n) is 4.49. The smallest absolute Gasteiger partial charge is 0.184 e. The third-order valence-corrected chi connectivity index (χ3v) is 4.49. The van der Waals surface area contributed by atoms with Gasteiger partial charge >= 0.3 is 0 Å². The summed E-state index contributed by atoms with van der Waals surface area (Å²) < 4.78 is 0. The summed E-state index contributed by atoms with van der Waals surface area (Å²) in [6, 6.07) is 9.86. The number of Topliss-reactive ketones (excluding diaryl/α,β-unsaturated/α-hetero) is 1. The summed E-state index contributed by atoms with van der Waals surface area (Å²) >= 11 is 0. The lowest BCUT2D eigenvalue weighted by atomic mass is 9.87. The van der Waals surface area contributed by atoms with Crippen molar-refractivity contribution >= 4 is 16.7 Å². The summed E-state index contributed by atoms with van der Waals surface area (Å²) in [7, 11) is 0. The summed E-state index contributed by atoms with van der Waals surface area (Å²) in [5, 5.41) is 1.02. The van der Waals surface area contributed by atoms with Crippen LogP contribution in [0.25, 0.3) is 10.9 Å². The number of ketones is 1. The molecule has 0 radical (unpaired) electrons. The lowest BCUT2D eigenvalue weighted by Gasteiger charge is -2.38. The van der Waals surface area contributed by atoms with Crippen molar-refractivity contribution in [3.8, 4) is 0 Å². The summed E-state index contributed by atoms with van der Waals surface area (Å²) in [5.74, 6) is 0.159. The van der Waals surface area contributed by atoms with E-state index in [0.29, 0.717) is 5.56 Å². The van der Waals surface area contributed by atoms with E-state index >= 15 is 0 Å². The van der Waals surface area contributed by atoms with Gasteiger partial charge < -0.3 is 0 Å². The maximum atomic E-state index is 13.0. The van der Waals surface area contributed by atoms with Gasteiger partial charge in [-0.15, -0.1) is 0 Å². The van der Waals surface area contributed by atoms with Gasteiger partial charge in [0.2, 0.25) is 0 Å². The number of benzene rings is 1. The molecule has 0 saturated heterocycles. The normalized spacial score (nSPS) is 14.3. The second kappa shape index (κ2) is 6.35. The van der Waals surface area contributed by atoms with Crippen LogP contribution in [0.4, 0.5) is 0 Å². The highest BCUT2D eigenvalue weighted by atomic mass is 16.1. The van der Waals surface area contributed by atoms with E-state index in [9.17, 15) is 4.79 Å². The van der Waals surface area contributed by atoms with Crippen LogP contribution in [0, 0.1) is 0 Å². The fraction of sp³-hybridized carbons (Fsp3) is 0.444. The average Bonchev–Trinajstić information content (AvgIpc) is 2.54. The minimum absolute atomic E-state index is 0.159. The lowest BCUT2D eigenvalue weighted by molar-refractivity contribution is 0.0607. The Bertz CT molecular complexity index is 634. The second-order valence-corrected chi connectivity index (χ2v) is 5.55. The van der Waals surface area contributed by atoms with Crippen molar-refractivity contribution in [2.45, 2.75) is 39.7 Å². The number of pyridine rings is 1. The topological polar surface area (TPSA) is 33.2 Å². The van der Waals surface area contributed by atoms with E-state index in [4.69, 9.17) is 0 Å². The number of hydrogen-bond donors (Lipinski definition) is 0. The molecule has 0 aliphatic heterocycles. The van der Waals surface area contributed by atoms with E-state index in [-0.39, 0.29) is 5.78 Å². The molecule has 1 aromatic carbocycles. The molecule has 0 aliphatic rings. The molecule has 0 N–H and O–H groups in total. The van der Waals surface area contributed by atoms with E-state index in [1.54, 1.807) is 6.20 Å². The quantitative estimate of drug-likeness (QED) is 0.754. The van der Waals surface area contributed by atoms with Crippen molar-refractivity contribution in [2.75, 3.05) is 13.1 Å². The average molecular weight is 284 g/mol. The molecule has 0 saturated carbocycles. The largest absolute Gasteiger partial charge is 0.292 e. The molecule has 0 spiro atoms. The van der Waals surface area contributed by atoms with Crippen molar-refractivity contribution in [1.82, 2.24) is 9.88 Å². The summed E-state index contributed by atoms with van der Waals surface area (Å²) in [5.41, 5.74) is 1.16. The Morgan fingerprint density at radius 1 is 1.19 bits per heavy atom. The fourth-order valence-corrected chi connectivity index (χ4v) is 2.96. The minimum Gasteiger partial charge on any atom is -0.292 e. The van der Waals surface area contributed by atoms with Gasteiger partial charge in [0.15, 0.2) is 5.78 Å². The van der Waals surface area contributed by atoms with Crippen LogP contribution in [-0.2, 0) is 0 Å². The number of fused-ring (bicyclic) bond motifs is 1. The summed E-state index contributed by atoms with van der Waals surface area (Å²) in [6.45, 7) is 10.1. The van der Waals surface area contributed by atoms with E-state index in [0.717, 1.165) is 30.4 Å². The molecule has 21 heavy (non-hydrogen) atoms. The van der Waals surface area contributed by atoms with E-state index in [2.05, 4.69) is 30.7 Å². The number of likely N-dealkylation sites (N-methyl/N-ethyl adjacent to an activating group) is 1. The van der Waals surface area contributed by atoms with Gasteiger partial charge in [0.05, 0.1) is 11.1 Å². The monoisotopic (exact) mass is 284 g/mol. The van der Waals surface area contributed by atoms with Crippen LogP contribution in [0.1, 0.15) is 44.5 Å². The predicted octanol–water partition coefficient (Wildman–Crippen LogP) is 3.93. The first-order chi connectivity index (χ1) is 10.1. The van der Waals surface area contributed by atoms with Crippen LogP contribution in [-0.4, -0.2) is 34.3 Å². The number of carbonyl (C=O) groups excluding carboxylic acids is 1. The molecule has 1 aromatic heterocycles. The zero-order chi connectivity index (χ0) is 15.5. The van der Waals surface area contributed by atoms with Crippen molar-refractivity contribution in [3.63, 3.8) is 0 Å². The number of nitrogens with zero attached hydrogens (tertiary/aromatic N) is 2. The lowest BCUT2D eigenvalue weighted by Crippen LogP contribution is -2.51. The number of para-hydroxylation sites is 1. The molecule has 0 bridgehead atoms. The van der Waals surface area contributed by atoms with Gasteiger partial charge in [0.25, 0.3) is 0 Å². The standard InChI is InChI=1S/C18H24N2O/c1-5-18(4,20(6-2)7-3)17(21)15-12-14-10-8-9-11-16(14)19-13-15/h8-13H,5-7H2,1-4H3. The number of rotatable bonds is 6. The van der Waals surface area contributed by atoms with Crippen LogP contribution < -0.4 is 0 Å². The summed E-state index contributed by atoms with van der Waals surface area (Å²) in [4.78, 5) is 19.7. The van der Waals surface area contributed by atoms with Crippen molar-refractivity contribution < 1.29 is 4.79 Å². The van der Waals surface area contributed by atoms with E-state index in [1.807, 2.05) is 37.3 Å². The van der Waals surface area contributed by atoms with Gasteiger partial charge in [-0.2, -0.15) is 0 Å². The maximum Gasteiger partial charge on any atom is 0.184 e. The van der Waals surface area contributed by atoms with Gasteiger partial charge in [-0.05, 0) is 38.6 Å². The highest BCUT2D eigenvalue weighted by molar-refractivity contribution is 6.04. The molecule has 3 heteroatoms. The second-order valence-electron chi connectivity index (χ2n) is 5.55. The Labute approximate surface area is 127 Å². The molecule has 1 atom stereocenters. The van der Waals surface area contributed by atoms with Crippen LogP contribution in [0.5, 0.6) is 0 Å². The third kappa shape index (κ3) is 2.84. The van der Waals surface area contributed by atoms with Crippen LogP contribution >= 0.6 is 0 Å². The van der Waals surface area contributed by atoms with Gasteiger partial charge in [0, 0.05) is 17.1 Å². The van der Waals surface area contributed by atoms with Gasteiger partial charge in [-0.25, -0.2) is 0 Å².